The van der Waals surface area contributed by atoms with Gasteiger partial charge in [-0.1, -0.05) is 11.6 Å². The molecular weight excluding hydrogens is 326 g/mol. The van der Waals surface area contributed by atoms with Crippen LogP contribution in [0.4, 0.5) is 5.82 Å². The van der Waals surface area contributed by atoms with E-state index >= 15 is 0 Å². The molecule has 0 aliphatic carbocycles. The van der Waals surface area contributed by atoms with Gasteiger partial charge in [0.25, 0.3) is 0 Å². The molecule has 0 radical (unpaired) electrons. The Kier molecular flexibility index (Phi) is 3.69. The molecule has 0 atom stereocenters. The minimum absolute atomic E-state index is 0.164. The van der Waals surface area contributed by atoms with Crippen LogP contribution in [0.1, 0.15) is 12.8 Å². The maximum absolute atomic E-state index is 9.42. The fourth-order valence-corrected chi connectivity index (χ4v) is 2.34. The van der Waals surface area contributed by atoms with Gasteiger partial charge in [0.05, 0.1) is 11.1 Å². The van der Waals surface area contributed by atoms with Crippen molar-refractivity contribution >= 4 is 40.0 Å². The van der Waals surface area contributed by atoms with Crippen LogP contribution in [0.25, 0.3) is 0 Å². The van der Waals surface area contributed by atoms with E-state index in [-0.39, 0.29) is 6.10 Å². The van der Waals surface area contributed by atoms with Crippen LogP contribution in [0.3, 0.4) is 0 Å². The molecule has 2 heterocycles. The van der Waals surface area contributed by atoms with Gasteiger partial charge in [0.15, 0.2) is 0 Å². The number of rotatable bonds is 1. The van der Waals surface area contributed by atoms with Crippen LogP contribution in [0, 0.1) is 3.57 Å². The third kappa shape index (κ3) is 2.54. The summed E-state index contributed by atoms with van der Waals surface area (Å²) in [6.45, 7) is 1.65. The van der Waals surface area contributed by atoms with E-state index in [0.29, 0.717) is 0 Å². The number of halogens is 2. The van der Waals surface area contributed by atoms with Crippen molar-refractivity contribution in [1.82, 2.24) is 4.98 Å². The van der Waals surface area contributed by atoms with Gasteiger partial charge in [0, 0.05) is 22.9 Å². The van der Waals surface area contributed by atoms with Crippen LogP contribution >= 0.6 is 34.2 Å². The Morgan fingerprint density at radius 2 is 2.13 bits per heavy atom. The first-order chi connectivity index (χ1) is 7.18. The second kappa shape index (κ2) is 4.84. The van der Waals surface area contributed by atoms with E-state index in [1.807, 2.05) is 6.07 Å². The van der Waals surface area contributed by atoms with Crippen molar-refractivity contribution in [3.63, 3.8) is 0 Å². The molecule has 0 amide bonds. The van der Waals surface area contributed by atoms with Gasteiger partial charge in [-0.3, -0.25) is 0 Å². The zero-order chi connectivity index (χ0) is 10.8. The van der Waals surface area contributed by atoms with E-state index in [2.05, 4.69) is 32.5 Å². The molecule has 1 aromatic heterocycles. The smallest absolute Gasteiger partial charge is 0.148 e. The molecule has 3 nitrogen and oxygen atoms in total. The monoisotopic (exact) mass is 338 g/mol. The lowest BCUT2D eigenvalue weighted by molar-refractivity contribution is 0.145. The number of hydrogen-bond acceptors (Lipinski definition) is 3. The van der Waals surface area contributed by atoms with Crippen LogP contribution in [-0.2, 0) is 0 Å². The predicted molar refractivity (Wildman–Crippen MR) is 69.4 cm³/mol. The van der Waals surface area contributed by atoms with Crippen molar-refractivity contribution in [3.05, 3.63) is 20.9 Å². The summed E-state index contributed by atoms with van der Waals surface area (Å²) >= 11 is 8.39. The van der Waals surface area contributed by atoms with Crippen molar-refractivity contribution in [1.29, 1.82) is 0 Å². The van der Waals surface area contributed by atoms with Crippen LogP contribution < -0.4 is 4.90 Å². The quantitative estimate of drug-likeness (QED) is 0.798. The molecule has 1 aliphatic rings. The topological polar surface area (TPSA) is 36.4 Å². The van der Waals surface area contributed by atoms with Crippen molar-refractivity contribution in [2.24, 2.45) is 0 Å². The lowest BCUT2D eigenvalue weighted by Crippen LogP contribution is -2.36. The third-order valence-electron chi connectivity index (χ3n) is 2.59. The SMILES string of the molecule is OC1CCN(c2nccc(I)c2Cl)CC1. The summed E-state index contributed by atoms with van der Waals surface area (Å²) in [6.07, 6.45) is 3.20. The summed E-state index contributed by atoms with van der Waals surface area (Å²) in [5.74, 6) is 0.843. The number of hydrogen-bond donors (Lipinski definition) is 1. The highest BCUT2D eigenvalue weighted by Crippen LogP contribution is 2.29. The van der Waals surface area contributed by atoms with Crippen molar-refractivity contribution in [2.45, 2.75) is 18.9 Å². The minimum Gasteiger partial charge on any atom is -0.393 e. The van der Waals surface area contributed by atoms with Gasteiger partial charge in [0.1, 0.15) is 5.82 Å². The lowest BCUT2D eigenvalue weighted by Gasteiger charge is -2.31. The highest BCUT2D eigenvalue weighted by atomic mass is 127. The summed E-state index contributed by atoms with van der Waals surface area (Å²) in [6, 6.07) is 1.89. The molecule has 2 rings (SSSR count). The molecule has 0 spiro atoms. The van der Waals surface area contributed by atoms with E-state index in [9.17, 15) is 5.11 Å². The summed E-state index contributed by atoms with van der Waals surface area (Å²) < 4.78 is 1.02. The molecular formula is C10H12ClIN2O. The molecule has 1 aliphatic heterocycles. The number of pyridine rings is 1. The van der Waals surface area contributed by atoms with Crippen LogP contribution in [0.15, 0.2) is 12.3 Å². The second-order valence-corrected chi connectivity index (χ2v) is 5.19. The first kappa shape index (κ1) is 11.4. The number of anilines is 1. The number of aromatic nitrogens is 1. The average molecular weight is 339 g/mol. The first-order valence-electron chi connectivity index (χ1n) is 4.91. The first-order valence-corrected chi connectivity index (χ1v) is 6.37. The summed E-state index contributed by atoms with van der Waals surface area (Å²) in [5.41, 5.74) is 0. The average Bonchev–Trinajstić information content (AvgIpc) is 2.24. The highest BCUT2D eigenvalue weighted by Gasteiger charge is 2.20. The fourth-order valence-electron chi connectivity index (χ4n) is 1.71. The van der Waals surface area contributed by atoms with Gasteiger partial charge in [-0.15, -0.1) is 0 Å². The second-order valence-electron chi connectivity index (χ2n) is 3.65. The highest BCUT2D eigenvalue weighted by molar-refractivity contribution is 14.1. The van der Waals surface area contributed by atoms with Crippen LogP contribution in [0.5, 0.6) is 0 Å². The molecule has 0 aromatic carbocycles. The minimum atomic E-state index is -0.164. The Morgan fingerprint density at radius 3 is 2.80 bits per heavy atom. The van der Waals surface area contributed by atoms with Gasteiger partial charge in [-0.25, -0.2) is 4.98 Å². The van der Waals surface area contributed by atoms with E-state index in [1.165, 1.54) is 0 Å². The zero-order valence-electron chi connectivity index (χ0n) is 8.16. The zero-order valence-corrected chi connectivity index (χ0v) is 11.1. The van der Waals surface area contributed by atoms with E-state index in [4.69, 9.17) is 11.6 Å². The Morgan fingerprint density at radius 1 is 1.47 bits per heavy atom. The molecule has 1 N–H and O–H groups in total. The molecule has 1 aromatic rings. The Balaban J connectivity index is 2.19. The maximum Gasteiger partial charge on any atom is 0.148 e. The Bertz CT molecular complexity index is 353. The lowest BCUT2D eigenvalue weighted by atomic mass is 10.1. The summed E-state index contributed by atoms with van der Waals surface area (Å²) in [5, 5.41) is 10.1. The van der Waals surface area contributed by atoms with Crippen LogP contribution in [0.2, 0.25) is 5.02 Å². The van der Waals surface area contributed by atoms with E-state index in [0.717, 1.165) is 40.3 Å². The largest absolute Gasteiger partial charge is 0.393 e. The van der Waals surface area contributed by atoms with Gasteiger partial charge in [-0.05, 0) is 41.5 Å². The number of piperidine rings is 1. The molecule has 0 bridgehead atoms. The van der Waals surface area contributed by atoms with Gasteiger partial charge < -0.3 is 10.0 Å². The predicted octanol–water partition coefficient (Wildman–Crippen LogP) is 2.30. The standard InChI is InChI=1S/C10H12ClIN2O/c11-9-8(12)1-4-13-10(9)14-5-2-7(15)3-6-14/h1,4,7,15H,2-3,5-6H2. The van der Waals surface area contributed by atoms with Gasteiger partial charge in [0.2, 0.25) is 0 Å². The molecule has 0 saturated carbocycles. The molecule has 0 unspecified atom stereocenters. The van der Waals surface area contributed by atoms with Crippen LogP contribution in [-0.4, -0.2) is 29.3 Å². The molecule has 15 heavy (non-hydrogen) atoms. The molecule has 1 saturated heterocycles. The van der Waals surface area contributed by atoms with E-state index < -0.39 is 0 Å². The molecule has 82 valence electrons. The summed E-state index contributed by atoms with van der Waals surface area (Å²) in [7, 11) is 0. The molecule has 1 fully saturated rings. The summed E-state index contributed by atoms with van der Waals surface area (Å²) in [4.78, 5) is 6.43. The third-order valence-corrected chi connectivity index (χ3v) is 4.18. The normalized spacial score (nSPS) is 18.2. The fraction of sp³-hybridized carbons (Fsp3) is 0.500. The van der Waals surface area contributed by atoms with Crippen molar-refractivity contribution in [3.8, 4) is 0 Å². The van der Waals surface area contributed by atoms with Crippen molar-refractivity contribution in [2.75, 3.05) is 18.0 Å². The maximum atomic E-state index is 9.42. The Hall–Kier alpha value is -0.0700. The number of nitrogens with zero attached hydrogens (tertiary/aromatic N) is 2. The number of aliphatic hydroxyl groups excluding tert-OH is 1. The van der Waals surface area contributed by atoms with Crippen molar-refractivity contribution < 1.29 is 5.11 Å². The number of aliphatic hydroxyl groups is 1. The van der Waals surface area contributed by atoms with E-state index in [1.54, 1.807) is 6.20 Å². The Labute approximate surface area is 108 Å². The van der Waals surface area contributed by atoms with Gasteiger partial charge >= 0.3 is 0 Å². The van der Waals surface area contributed by atoms with Gasteiger partial charge in [-0.2, -0.15) is 0 Å². The molecule has 5 heteroatoms.